The van der Waals surface area contributed by atoms with Crippen LogP contribution in [0.2, 0.25) is 0 Å². The van der Waals surface area contributed by atoms with E-state index in [0.29, 0.717) is 11.3 Å². The van der Waals surface area contributed by atoms with E-state index in [2.05, 4.69) is 41.8 Å². The number of nitrogens with one attached hydrogen (secondary N) is 1. The van der Waals surface area contributed by atoms with Crippen LogP contribution in [0.1, 0.15) is 5.56 Å². The molecule has 116 valence electrons. The van der Waals surface area contributed by atoms with Crippen molar-refractivity contribution in [1.82, 2.24) is 4.83 Å². The first-order valence-corrected chi connectivity index (χ1v) is 9.14. The van der Waals surface area contributed by atoms with E-state index in [1.807, 2.05) is 0 Å². The van der Waals surface area contributed by atoms with Gasteiger partial charge in [0, 0.05) is 0 Å². The number of sulfonamides is 1. The molecule has 5 nitrogen and oxygen atoms in total. The van der Waals surface area contributed by atoms with Crippen molar-refractivity contribution in [2.75, 3.05) is 7.11 Å². The van der Waals surface area contributed by atoms with E-state index in [0.717, 1.165) is 8.95 Å². The minimum absolute atomic E-state index is 0.157. The summed E-state index contributed by atoms with van der Waals surface area (Å²) in [6.45, 7) is 0. The van der Waals surface area contributed by atoms with Gasteiger partial charge in [-0.3, -0.25) is 0 Å². The second-order valence-electron chi connectivity index (χ2n) is 4.18. The van der Waals surface area contributed by atoms with Crippen molar-refractivity contribution in [3.05, 3.63) is 57.0 Å². The highest BCUT2D eigenvalue weighted by atomic mass is 79.9. The molecule has 0 radical (unpaired) electrons. The number of hydrogen-bond acceptors (Lipinski definition) is 4. The molecule has 2 aromatic rings. The van der Waals surface area contributed by atoms with Crippen molar-refractivity contribution >= 4 is 48.1 Å². The summed E-state index contributed by atoms with van der Waals surface area (Å²) in [4.78, 5) is 2.33. The molecule has 0 amide bonds. The normalized spacial score (nSPS) is 11.6. The van der Waals surface area contributed by atoms with Crippen LogP contribution in [0.4, 0.5) is 0 Å². The molecule has 2 rings (SSSR count). The van der Waals surface area contributed by atoms with Crippen molar-refractivity contribution < 1.29 is 13.2 Å². The van der Waals surface area contributed by atoms with Gasteiger partial charge in [-0.1, -0.05) is 18.2 Å². The maximum Gasteiger partial charge on any atom is 0.276 e. The number of benzene rings is 2. The van der Waals surface area contributed by atoms with E-state index in [4.69, 9.17) is 4.74 Å². The van der Waals surface area contributed by atoms with Gasteiger partial charge in [-0.2, -0.15) is 13.5 Å². The smallest absolute Gasteiger partial charge is 0.276 e. The predicted octanol–water partition coefficient (Wildman–Crippen LogP) is 3.53. The van der Waals surface area contributed by atoms with E-state index in [-0.39, 0.29) is 4.90 Å². The molecule has 0 heterocycles. The van der Waals surface area contributed by atoms with Gasteiger partial charge in [0.25, 0.3) is 10.0 Å². The standard InChI is InChI=1S/C14H12Br2N2O3S/c1-21-14-12(15)7-10(8-13(14)16)9-17-18-22(19,20)11-5-3-2-4-6-11/h2-9,18H,1H3/b17-9+. The van der Waals surface area contributed by atoms with E-state index in [1.54, 1.807) is 37.4 Å². The summed E-state index contributed by atoms with van der Waals surface area (Å²) in [6, 6.07) is 11.6. The van der Waals surface area contributed by atoms with Gasteiger partial charge >= 0.3 is 0 Å². The summed E-state index contributed by atoms with van der Waals surface area (Å²) in [5, 5.41) is 3.78. The van der Waals surface area contributed by atoms with Gasteiger partial charge in [0.05, 0.1) is 27.2 Å². The second-order valence-corrected chi connectivity index (χ2v) is 7.55. The number of halogens is 2. The van der Waals surface area contributed by atoms with Crippen molar-refractivity contribution in [3.63, 3.8) is 0 Å². The molecule has 0 aliphatic heterocycles. The number of rotatable bonds is 5. The summed E-state index contributed by atoms with van der Waals surface area (Å²) in [6.07, 6.45) is 1.41. The molecule has 0 saturated heterocycles. The molecule has 0 aromatic heterocycles. The van der Waals surface area contributed by atoms with Crippen LogP contribution < -0.4 is 9.57 Å². The third-order valence-electron chi connectivity index (χ3n) is 2.66. The highest BCUT2D eigenvalue weighted by molar-refractivity contribution is 9.11. The van der Waals surface area contributed by atoms with E-state index in [1.165, 1.54) is 18.3 Å². The Labute approximate surface area is 145 Å². The molecule has 0 unspecified atom stereocenters. The third-order valence-corrected chi connectivity index (χ3v) is 5.08. The van der Waals surface area contributed by atoms with Crippen molar-refractivity contribution in [2.24, 2.45) is 5.10 Å². The molecule has 0 aliphatic carbocycles. The van der Waals surface area contributed by atoms with Crippen molar-refractivity contribution in [2.45, 2.75) is 4.90 Å². The first-order chi connectivity index (χ1) is 10.4. The fraction of sp³-hybridized carbons (Fsp3) is 0.0714. The average molecular weight is 448 g/mol. The van der Waals surface area contributed by atoms with Gasteiger partial charge < -0.3 is 4.74 Å². The molecule has 8 heteroatoms. The molecule has 0 saturated carbocycles. The van der Waals surface area contributed by atoms with Gasteiger partial charge in [-0.05, 0) is 61.7 Å². The molecule has 2 aromatic carbocycles. The highest BCUT2D eigenvalue weighted by Crippen LogP contribution is 2.33. The van der Waals surface area contributed by atoms with E-state index >= 15 is 0 Å². The Kier molecular flexibility index (Phi) is 5.60. The topological polar surface area (TPSA) is 67.8 Å². The van der Waals surface area contributed by atoms with Gasteiger partial charge in [0.1, 0.15) is 5.75 Å². The molecule has 1 N–H and O–H groups in total. The number of nitrogens with zero attached hydrogens (tertiary/aromatic N) is 1. The molecule has 22 heavy (non-hydrogen) atoms. The fourth-order valence-electron chi connectivity index (χ4n) is 1.67. The molecule has 0 fully saturated rings. The summed E-state index contributed by atoms with van der Waals surface area (Å²) in [5.41, 5.74) is 0.704. The lowest BCUT2D eigenvalue weighted by Gasteiger charge is -2.07. The predicted molar refractivity (Wildman–Crippen MR) is 92.8 cm³/mol. The lowest BCUT2D eigenvalue weighted by molar-refractivity contribution is 0.409. The zero-order valence-corrected chi connectivity index (χ0v) is 15.4. The maximum atomic E-state index is 12.0. The zero-order chi connectivity index (χ0) is 16.2. The van der Waals surface area contributed by atoms with E-state index in [9.17, 15) is 8.42 Å². The minimum Gasteiger partial charge on any atom is -0.494 e. The van der Waals surface area contributed by atoms with Crippen LogP contribution in [-0.2, 0) is 10.0 Å². The Bertz CT molecular complexity index is 770. The molecular weight excluding hydrogens is 436 g/mol. The van der Waals surface area contributed by atoms with Gasteiger partial charge in [0.2, 0.25) is 0 Å². The molecule has 0 atom stereocenters. The number of hydrogen-bond donors (Lipinski definition) is 1. The zero-order valence-electron chi connectivity index (χ0n) is 11.5. The van der Waals surface area contributed by atoms with Crippen LogP contribution in [-0.4, -0.2) is 21.7 Å². The molecular formula is C14H12Br2N2O3S. The van der Waals surface area contributed by atoms with Crippen LogP contribution in [0.5, 0.6) is 5.75 Å². The Morgan fingerprint density at radius 1 is 1.14 bits per heavy atom. The largest absolute Gasteiger partial charge is 0.494 e. The molecule has 0 aliphatic rings. The van der Waals surface area contributed by atoms with Crippen LogP contribution in [0.3, 0.4) is 0 Å². The SMILES string of the molecule is COc1c(Br)cc(/C=N/NS(=O)(=O)c2ccccc2)cc1Br. The maximum absolute atomic E-state index is 12.0. The van der Waals surface area contributed by atoms with Crippen LogP contribution in [0, 0.1) is 0 Å². The summed E-state index contributed by atoms with van der Waals surface area (Å²) in [5.74, 6) is 0.655. The number of methoxy groups -OCH3 is 1. The number of ether oxygens (including phenoxy) is 1. The van der Waals surface area contributed by atoms with Crippen molar-refractivity contribution in [1.29, 1.82) is 0 Å². The third kappa shape index (κ3) is 4.08. The Balaban J connectivity index is 2.17. The Morgan fingerprint density at radius 2 is 1.73 bits per heavy atom. The summed E-state index contributed by atoms with van der Waals surface area (Å²) < 4.78 is 30.7. The second kappa shape index (κ2) is 7.26. The highest BCUT2D eigenvalue weighted by Gasteiger charge is 2.11. The van der Waals surface area contributed by atoms with Crippen LogP contribution >= 0.6 is 31.9 Å². The van der Waals surface area contributed by atoms with Crippen LogP contribution in [0.15, 0.2) is 61.4 Å². The average Bonchev–Trinajstić information content (AvgIpc) is 2.48. The molecule has 0 spiro atoms. The van der Waals surface area contributed by atoms with Gasteiger partial charge in [-0.25, -0.2) is 4.83 Å². The summed E-state index contributed by atoms with van der Waals surface area (Å²) in [7, 11) is -2.10. The van der Waals surface area contributed by atoms with Gasteiger partial charge in [-0.15, -0.1) is 0 Å². The Hall–Kier alpha value is -1.38. The quantitative estimate of drug-likeness (QED) is 0.563. The lowest BCUT2D eigenvalue weighted by Crippen LogP contribution is -2.18. The van der Waals surface area contributed by atoms with E-state index < -0.39 is 10.0 Å². The van der Waals surface area contributed by atoms with Gasteiger partial charge in [0.15, 0.2) is 0 Å². The van der Waals surface area contributed by atoms with Crippen LogP contribution in [0.25, 0.3) is 0 Å². The number of hydrazone groups is 1. The Morgan fingerprint density at radius 3 is 2.27 bits per heavy atom. The first kappa shape index (κ1) is 17.0. The fourth-order valence-corrected chi connectivity index (χ4v) is 4.03. The lowest BCUT2D eigenvalue weighted by atomic mass is 10.2. The minimum atomic E-state index is -3.66. The first-order valence-electron chi connectivity index (χ1n) is 6.07. The molecule has 0 bridgehead atoms. The monoisotopic (exact) mass is 446 g/mol. The van der Waals surface area contributed by atoms with Crippen molar-refractivity contribution in [3.8, 4) is 5.75 Å². The summed E-state index contributed by atoms with van der Waals surface area (Å²) >= 11 is 6.74.